The number of aromatic nitrogens is 1. The highest BCUT2D eigenvalue weighted by Crippen LogP contribution is 2.19. The van der Waals surface area contributed by atoms with E-state index in [1.807, 2.05) is 24.3 Å². The molecule has 3 atom stereocenters. The van der Waals surface area contributed by atoms with Crippen LogP contribution in [-0.2, 0) is 30.4 Å². The summed E-state index contributed by atoms with van der Waals surface area (Å²) in [5, 5.41) is 26.0. The zero-order valence-corrected chi connectivity index (χ0v) is 18.0. The SMILES string of the molecule is CC(NC(=O)C(N)CCC(=O)O)C(=O)NCC(=O)NC(Cc1c[nH]c2ccccc12)C(=O)O. The molecule has 8 N–H and O–H groups in total. The summed E-state index contributed by atoms with van der Waals surface area (Å²) in [7, 11) is 0. The summed E-state index contributed by atoms with van der Waals surface area (Å²) < 4.78 is 0. The predicted molar refractivity (Wildman–Crippen MR) is 117 cm³/mol. The summed E-state index contributed by atoms with van der Waals surface area (Å²) in [6.45, 7) is 0.869. The Morgan fingerprint density at radius 3 is 2.42 bits per heavy atom. The van der Waals surface area contributed by atoms with E-state index in [4.69, 9.17) is 10.8 Å². The molecule has 3 amide bonds. The number of nitrogens with one attached hydrogen (secondary N) is 4. The molecular formula is C21H27N5O7. The standard InChI is InChI=1S/C21H27N5O7/c1-11(25-20(31)14(22)6-7-18(28)29)19(30)24-10-17(27)26-16(21(32)33)8-12-9-23-15-5-3-2-4-13(12)15/h2-5,9,11,14,16,23H,6-8,10,22H2,1H3,(H,24,30)(H,25,31)(H,26,27)(H,28,29)(H,32,33). The van der Waals surface area contributed by atoms with Gasteiger partial charge in [-0.3, -0.25) is 19.2 Å². The normalized spacial score (nSPS) is 13.5. The lowest BCUT2D eigenvalue weighted by Crippen LogP contribution is -2.52. The lowest BCUT2D eigenvalue weighted by molar-refractivity contribution is -0.141. The largest absolute Gasteiger partial charge is 0.481 e. The van der Waals surface area contributed by atoms with Crippen molar-refractivity contribution >= 4 is 40.6 Å². The molecule has 0 aliphatic carbocycles. The minimum Gasteiger partial charge on any atom is -0.481 e. The maximum Gasteiger partial charge on any atom is 0.326 e. The van der Waals surface area contributed by atoms with Gasteiger partial charge in [0.25, 0.3) is 0 Å². The van der Waals surface area contributed by atoms with E-state index in [0.29, 0.717) is 0 Å². The van der Waals surface area contributed by atoms with Crippen LogP contribution in [0.1, 0.15) is 25.3 Å². The fourth-order valence-corrected chi connectivity index (χ4v) is 3.08. The van der Waals surface area contributed by atoms with Crippen molar-refractivity contribution in [2.45, 2.75) is 44.3 Å². The van der Waals surface area contributed by atoms with Gasteiger partial charge in [-0.05, 0) is 25.0 Å². The van der Waals surface area contributed by atoms with Gasteiger partial charge in [0.1, 0.15) is 12.1 Å². The number of carboxylic acids is 2. The number of benzene rings is 1. The zero-order chi connectivity index (χ0) is 24.5. The molecule has 12 heteroatoms. The lowest BCUT2D eigenvalue weighted by atomic mass is 10.0. The molecule has 2 aromatic rings. The van der Waals surface area contributed by atoms with E-state index in [1.165, 1.54) is 6.92 Å². The number of para-hydroxylation sites is 1. The van der Waals surface area contributed by atoms with Crippen molar-refractivity contribution < 1.29 is 34.2 Å². The van der Waals surface area contributed by atoms with Gasteiger partial charge in [0.05, 0.1) is 12.6 Å². The Labute approximate surface area is 188 Å². The summed E-state index contributed by atoms with van der Waals surface area (Å²) in [4.78, 5) is 61.4. The first-order chi connectivity index (χ1) is 15.6. The smallest absolute Gasteiger partial charge is 0.326 e. The third kappa shape index (κ3) is 7.61. The highest BCUT2D eigenvalue weighted by molar-refractivity contribution is 5.92. The first-order valence-electron chi connectivity index (χ1n) is 10.2. The fourth-order valence-electron chi connectivity index (χ4n) is 3.08. The van der Waals surface area contributed by atoms with Gasteiger partial charge in [0.15, 0.2) is 0 Å². The number of fused-ring (bicyclic) bond motifs is 1. The van der Waals surface area contributed by atoms with Crippen LogP contribution in [0.4, 0.5) is 0 Å². The van der Waals surface area contributed by atoms with Crippen LogP contribution in [0.3, 0.4) is 0 Å². The van der Waals surface area contributed by atoms with Crippen molar-refractivity contribution in [1.82, 2.24) is 20.9 Å². The van der Waals surface area contributed by atoms with Crippen LogP contribution in [0.2, 0.25) is 0 Å². The number of carbonyl (C=O) groups excluding carboxylic acids is 3. The van der Waals surface area contributed by atoms with Crippen LogP contribution in [0.25, 0.3) is 10.9 Å². The quantitative estimate of drug-likeness (QED) is 0.210. The molecule has 12 nitrogen and oxygen atoms in total. The molecule has 1 aromatic heterocycles. The van der Waals surface area contributed by atoms with Gasteiger partial charge in [-0.2, -0.15) is 0 Å². The van der Waals surface area contributed by atoms with Crippen LogP contribution >= 0.6 is 0 Å². The molecule has 0 spiro atoms. The van der Waals surface area contributed by atoms with Gasteiger partial charge in [-0.25, -0.2) is 4.79 Å². The number of carboxylic acid groups (broad SMARTS) is 2. The summed E-state index contributed by atoms with van der Waals surface area (Å²) in [5.74, 6) is -4.43. The van der Waals surface area contributed by atoms with Crippen LogP contribution in [-0.4, -0.2) is 69.5 Å². The average molecular weight is 461 g/mol. The summed E-state index contributed by atoms with van der Waals surface area (Å²) >= 11 is 0. The third-order valence-corrected chi connectivity index (χ3v) is 4.91. The number of hydrogen-bond donors (Lipinski definition) is 7. The van der Waals surface area contributed by atoms with Gasteiger partial charge in [-0.1, -0.05) is 18.2 Å². The maximum atomic E-state index is 12.2. The second-order valence-corrected chi connectivity index (χ2v) is 7.51. The van der Waals surface area contributed by atoms with Crippen molar-refractivity contribution in [2.24, 2.45) is 5.73 Å². The molecular weight excluding hydrogens is 434 g/mol. The Hall–Kier alpha value is -3.93. The van der Waals surface area contributed by atoms with Crippen molar-refractivity contribution in [3.05, 3.63) is 36.0 Å². The number of rotatable bonds is 12. The van der Waals surface area contributed by atoms with E-state index in [2.05, 4.69) is 20.9 Å². The number of H-pyrrole nitrogens is 1. The lowest BCUT2D eigenvalue weighted by Gasteiger charge is -2.18. The molecule has 0 fully saturated rings. The molecule has 0 radical (unpaired) electrons. The first kappa shape index (κ1) is 25.3. The number of nitrogens with two attached hydrogens (primary N) is 1. The zero-order valence-electron chi connectivity index (χ0n) is 18.0. The summed E-state index contributed by atoms with van der Waals surface area (Å²) in [6, 6.07) is 4.01. The number of carbonyl (C=O) groups is 5. The Bertz CT molecular complexity index is 1030. The highest BCUT2D eigenvalue weighted by atomic mass is 16.4. The average Bonchev–Trinajstić information content (AvgIpc) is 3.17. The first-order valence-corrected chi connectivity index (χ1v) is 10.2. The molecule has 33 heavy (non-hydrogen) atoms. The van der Waals surface area contributed by atoms with E-state index in [1.54, 1.807) is 6.20 Å². The Balaban J connectivity index is 1.84. The predicted octanol–water partition coefficient (Wildman–Crippen LogP) is -0.907. The second-order valence-electron chi connectivity index (χ2n) is 7.51. The molecule has 0 saturated carbocycles. The van der Waals surface area contributed by atoms with Crippen molar-refractivity contribution in [2.75, 3.05) is 6.54 Å². The second kappa shape index (κ2) is 11.6. The van der Waals surface area contributed by atoms with Crippen LogP contribution in [0, 0.1) is 0 Å². The maximum absolute atomic E-state index is 12.2. The van der Waals surface area contributed by atoms with E-state index in [-0.39, 0.29) is 19.3 Å². The highest BCUT2D eigenvalue weighted by Gasteiger charge is 2.24. The van der Waals surface area contributed by atoms with E-state index in [9.17, 15) is 29.1 Å². The van der Waals surface area contributed by atoms with E-state index in [0.717, 1.165) is 16.5 Å². The monoisotopic (exact) mass is 461 g/mol. The van der Waals surface area contributed by atoms with E-state index < -0.39 is 54.3 Å². The van der Waals surface area contributed by atoms with Crippen LogP contribution in [0.5, 0.6) is 0 Å². The van der Waals surface area contributed by atoms with Crippen molar-refractivity contribution in [1.29, 1.82) is 0 Å². The number of aliphatic carboxylic acids is 2. The molecule has 1 heterocycles. The van der Waals surface area contributed by atoms with Crippen LogP contribution in [0.15, 0.2) is 30.5 Å². The number of aromatic amines is 1. The molecule has 178 valence electrons. The fraction of sp³-hybridized carbons (Fsp3) is 0.381. The minimum absolute atomic E-state index is 0.0414. The summed E-state index contributed by atoms with van der Waals surface area (Å²) in [6.07, 6.45) is 1.34. The minimum atomic E-state index is -1.23. The van der Waals surface area contributed by atoms with Crippen LogP contribution < -0.4 is 21.7 Å². The van der Waals surface area contributed by atoms with Gasteiger partial charge in [-0.15, -0.1) is 0 Å². The van der Waals surface area contributed by atoms with Gasteiger partial charge in [0.2, 0.25) is 17.7 Å². The van der Waals surface area contributed by atoms with E-state index >= 15 is 0 Å². The Morgan fingerprint density at radius 2 is 1.76 bits per heavy atom. The van der Waals surface area contributed by atoms with Crippen molar-refractivity contribution in [3.63, 3.8) is 0 Å². The Morgan fingerprint density at radius 1 is 1.06 bits per heavy atom. The number of amides is 3. The molecule has 0 aliphatic heterocycles. The van der Waals surface area contributed by atoms with Gasteiger partial charge in [0, 0.05) is 29.9 Å². The molecule has 1 aromatic carbocycles. The Kier molecular flexibility index (Phi) is 8.92. The van der Waals surface area contributed by atoms with Crippen molar-refractivity contribution in [3.8, 4) is 0 Å². The molecule has 3 unspecified atom stereocenters. The third-order valence-electron chi connectivity index (χ3n) is 4.91. The van der Waals surface area contributed by atoms with Gasteiger partial charge >= 0.3 is 11.9 Å². The summed E-state index contributed by atoms with van der Waals surface area (Å²) in [5.41, 5.74) is 7.14. The molecule has 0 aliphatic rings. The topological polar surface area (TPSA) is 204 Å². The number of hydrogen-bond acceptors (Lipinski definition) is 6. The van der Waals surface area contributed by atoms with Gasteiger partial charge < -0.3 is 36.9 Å². The molecule has 0 bridgehead atoms. The molecule has 2 rings (SSSR count). The molecule has 0 saturated heterocycles.